The highest BCUT2D eigenvalue weighted by molar-refractivity contribution is 5.40. The van der Waals surface area contributed by atoms with Crippen LogP contribution in [0.15, 0.2) is 71.3 Å². The zero-order valence-electron chi connectivity index (χ0n) is 11.6. The zero-order valence-corrected chi connectivity index (χ0v) is 11.6. The molecule has 0 atom stereocenters. The Morgan fingerprint density at radius 1 is 0.905 bits per heavy atom. The van der Waals surface area contributed by atoms with E-state index in [2.05, 4.69) is 29.4 Å². The molecule has 2 aromatic carbocycles. The van der Waals surface area contributed by atoms with Crippen molar-refractivity contribution in [2.45, 2.75) is 12.3 Å². The van der Waals surface area contributed by atoms with Gasteiger partial charge in [-0.1, -0.05) is 65.8 Å². The standard InChI is InChI=1S/C18H17NO2/c20-12-11-16-13-17(19-21-16)18(14-7-3-1-4-8-14)15-9-5-2-6-10-15/h1-10,13,18,20H,11-12H2. The molecule has 0 fully saturated rings. The van der Waals surface area contributed by atoms with Crippen molar-refractivity contribution < 1.29 is 9.63 Å². The van der Waals surface area contributed by atoms with Gasteiger partial charge in [-0.25, -0.2) is 0 Å². The average molecular weight is 279 g/mol. The summed E-state index contributed by atoms with van der Waals surface area (Å²) in [5.74, 6) is 0.757. The number of aliphatic hydroxyl groups is 1. The summed E-state index contributed by atoms with van der Waals surface area (Å²) in [6.07, 6.45) is 0.489. The molecule has 1 N–H and O–H groups in total. The highest BCUT2D eigenvalue weighted by Gasteiger charge is 2.20. The van der Waals surface area contributed by atoms with Gasteiger partial charge in [0.2, 0.25) is 0 Å². The van der Waals surface area contributed by atoms with Crippen molar-refractivity contribution in [2.75, 3.05) is 6.61 Å². The number of nitrogens with zero attached hydrogens (tertiary/aromatic N) is 1. The van der Waals surface area contributed by atoms with Crippen LogP contribution in [-0.2, 0) is 6.42 Å². The summed E-state index contributed by atoms with van der Waals surface area (Å²) < 4.78 is 5.32. The van der Waals surface area contributed by atoms with Crippen LogP contribution < -0.4 is 0 Å². The average Bonchev–Trinajstić information content (AvgIpc) is 2.98. The Labute approximate surface area is 123 Å². The van der Waals surface area contributed by atoms with E-state index in [1.807, 2.05) is 42.5 Å². The van der Waals surface area contributed by atoms with Gasteiger partial charge in [0, 0.05) is 12.5 Å². The smallest absolute Gasteiger partial charge is 0.139 e. The van der Waals surface area contributed by atoms with E-state index in [9.17, 15) is 0 Å². The zero-order chi connectivity index (χ0) is 14.5. The molecular weight excluding hydrogens is 262 g/mol. The van der Waals surface area contributed by atoms with E-state index >= 15 is 0 Å². The van der Waals surface area contributed by atoms with Gasteiger partial charge in [-0.3, -0.25) is 0 Å². The van der Waals surface area contributed by atoms with Gasteiger partial charge in [-0.2, -0.15) is 0 Å². The van der Waals surface area contributed by atoms with Crippen molar-refractivity contribution in [3.63, 3.8) is 0 Å². The van der Waals surface area contributed by atoms with E-state index in [4.69, 9.17) is 9.63 Å². The molecule has 106 valence electrons. The van der Waals surface area contributed by atoms with Gasteiger partial charge >= 0.3 is 0 Å². The maximum absolute atomic E-state index is 9.01. The van der Waals surface area contributed by atoms with Crippen molar-refractivity contribution >= 4 is 0 Å². The molecule has 0 saturated heterocycles. The lowest BCUT2D eigenvalue weighted by Crippen LogP contribution is -2.03. The Hall–Kier alpha value is -2.39. The summed E-state index contributed by atoms with van der Waals surface area (Å²) in [6, 6.07) is 22.4. The van der Waals surface area contributed by atoms with E-state index in [1.54, 1.807) is 0 Å². The molecule has 0 saturated carbocycles. The summed E-state index contributed by atoms with van der Waals surface area (Å²) in [7, 11) is 0. The van der Waals surface area contributed by atoms with Gasteiger partial charge in [0.1, 0.15) is 5.76 Å². The van der Waals surface area contributed by atoms with Crippen molar-refractivity contribution in [2.24, 2.45) is 0 Å². The van der Waals surface area contributed by atoms with Gasteiger partial charge in [0.15, 0.2) is 0 Å². The third kappa shape index (κ3) is 3.03. The number of hydrogen-bond donors (Lipinski definition) is 1. The number of aromatic nitrogens is 1. The fourth-order valence-electron chi connectivity index (χ4n) is 2.52. The molecule has 3 nitrogen and oxygen atoms in total. The van der Waals surface area contributed by atoms with Crippen molar-refractivity contribution in [3.05, 3.63) is 89.3 Å². The van der Waals surface area contributed by atoms with Crippen LogP contribution >= 0.6 is 0 Å². The molecule has 0 aliphatic rings. The number of hydrogen-bond acceptors (Lipinski definition) is 3. The van der Waals surface area contributed by atoms with Gasteiger partial charge in [-0.05, 0) is 11.1 Å². The largest absolute Gasteiger partial charge is 0.396 e. The normalized spacial score (nSPS) is 11.0. The lowest BCUT2D eigenvalue weighted by molar-refractivity contribution is 0.276. The first-order chi connectivity index (χ1) is 10.4. The number of aliphatic hydroxyl groups excluding tert-OH is 1. The third-order valence-corrected chi connectivity index (χ3v) is 3.50. The minimum atomic E-state index is 0.0450. The molecule has 0 unspecified atom stereocenters. The van der Waals surface area contributed by atoms with E-state index in [-0.39, 0.29) is 12.5 Å². The van der Waals surface area contributed by atoms with Crippen LogP contribution in [0, 0.1) is 0 Å². The molecule has 1 heterocycles. The number of benzene rings is 2. The molecule has 0 amide bonds. The maximum Gasteiger partial charge on any atom is 0.139 e. The van der Waals surface area contributed by atoms with Gasteiger partial charge in [0.05, 0.1) is 18.2 Å². The Morgan fingerprint density at radius 3 is 2.00 bits per heavy atom. The van der Waals surface area contributed by atoms with Crippen LogP contribution in [0.2, 0.25) is 0 Å². The quantitative estimate of drug-likeness (QED) is 0.778. The third-order valence-electron chi connectivity index (χ3n) is 3.50. The first-order valence-electron chi connectivity index (χ1n) is 7.04. The second kappa shape index (κ2) is 6.37. The highest BCUT2D eigenvalue weighted by atomic mass is 16.5. The summed E-state index contributed by atoms with van der Waals surface area (Å²) >= 11 is 0. The molecule has 3 aromatic rings. The monoisotopic (exact) mass is 279 g/mol. The maximum atomic E-state index is 9.01. The van der Waals surface area contributed by atoms with Gasteiger partial charge < -0.3 is 9.63 Å². The molecule has 3 rings (SSSR count). The summed E-state index contributed by atoms with van der Waals surface area (Å²) in [5, 5.41) is 13.2. The van der Waals surface area contributed by atoms with Crippen molar-refractivity contribution in [1.29, 1.82) is 0 Å². The lowest BCUT2D eigenvalue weighted by atomic mass is 9.88. The molecule has 21 heavy (non-hydrogen) atoms. The fraction of sp³-hybridized carbons (Fsp3) is 0.167. The molecule has 1 aromatic heterocycles. The number of rotatable bonds is 5. The van der Waals surface area contributed by atoms with Crippen LogP contribution in [0.4, 0.5) is 0 Å². The second-order valence-electron chi connectivity index (χ2n) is 4.95. The molecule has 0 aliphatic carbocycles. The van der Waals surface area contributed by atoms with Crippen LogP contribution in [-0.4, -0.2) is 16.9 Å². The topological polar surface area (TPSA) is 46.3 Å². The van der Waals surface area contributed by atoms with Gasteiger partial charge in [-0.15, -0.1) is 0 Å². The predicted molar refractivity (Wildman–Crippen MR) is 81.1 cm³/mol. The van der Waals surface area contributed by atoms with Crippen molar-refractivity contribution in [1.82, 2.24) is 5.16 Å². The Kier molecular flexibility index (Phi) is 4.12. The summed E-state index contributed by atoms with van der Waals surface area (Å²) in [5.41, 5.74) is 3.22. The Bertz CT molecular complexity index is 637. The minimum Gasteiger partial charge on any atom is -0.396 e. The predicted octanol–water partition coefficient (Wildman–Crippen LogP) is 3.39. The lowest BCUT2D eigenvalue weighted by Gasteiger charge is -2.15. The Morgan fingerprint density at radius 2 is 1.48 bits per heavy atom. The van der Waals surface area contributed by atoms with Crippen LogP contribution in [0.5, 0.6) is 0 Å². The molecule has 3 heteroatoms. The van der Waals surface area contributed by atoms with Crippen LogP contribution in [0.25, 0.3) is 0 Å². The first-order valence-corrected chi connectivity index (χ1v) is 7.04. The molecule has 0 aliphatic heterocycles. The molecule has 0 spiro atoms. The first kappa shape index (κ1) is 13.6. The van der Waals surface area contributed by atoms with Gasteiger partial charge in [0.25, 0.3) is 0 Å². The fourth-order valence-corrected chi connectivity index (χ4v) is 2.52. The molecular formula is C18H17NO2. The van der Waals surface area contributed by atoms with E-state index in [0.717, 1.165) is 5.69 Å². The van der Waals surface area contributed by atoms with Crippen LogP contribution in [0.1, 0.15) is 28.5 Å². The highest BCUT2D eigenvalue weighted by Crippen LogP contribution is 2.31. The van der Waals surface area contributed by atoms with E-state index < -0.39 is 0 Å². The van der Waals surface area contributed by atoms with E-state index in [1.165, 1.54) is 11.1 Å². The second-order valence-corrected chi connectivity index (χ2v) is 4.95. The minimum absolute atomic E-state index is 0.0450. The summed E-state index contributed by atoms with van der Waals surface area (Å²) in [4.78, 5) is 0. The molecule has 0 bridgehead atoms. The summed E-state index contributed by atoms with van der Waals surface area (Å²) in [6.45, 7) is 0.0655. The van der Waals surface area contributed by atoms with Crippen LogP contribution in [0.3, 0.4) is 0 Å². The Balaban J connectivity index is 2.03. The molecule has 0 radical (unpaired) electrons. The SMILES string of the molecule is OCCc1cc(C(c2ccccc2)c2ccccc2)no1. The van der Waals surface area contributed by atoms with Crippen molar-refractivity contribution in [3.8, 4) is 0 Å². The van der Waals surface area contributed by atoms with E-state index in [0.29, 0.717) is 12.2 Å².